The van der Waals surface area contributed by atoms with Crippen LogP contribution in [0.5, 0.6) is 0 Å². The molecule has 4 heteroatoms. The van der Waals surface area contributed by atoms with Crippen LogP contribution in [-0.4, -0.2) is 36.5 Å². The number of esters is 1. The molecule has 2 unspecified atom stereocenters. The summed E-state index contributed by atoms with van der Waals surface area (Å²) in [6.07, 6.45) is 1.74. The van der Waals surface area contributed by atoms with Gasteiger partial charge in [-0.1, -0.05) is 0 Å². The Balaban J connectivity index is 2.02. The van der Waals surface area contributed by atoms with E-state index in [0.29, 0.717) is 6.61 Å². The van der Waals surface area contributed by atoms with Gasteiger partial charge in [-0.15, -0.1) is 0 Å². The molecule has 1 N–H and O–H groups in total. The maximum absolute atomic E-state index is 11.2. The van der Waals surface area contributed by atoms with Crippen LogP contribution in [0.2, 0.25) is 0 Å². The predicted molar refractivity (Wildman–Crippen MR) is 39.5 cm³/mol. The highest BCUT2D eigenvalue weighted by Crippen LogP contribution is 2.46. The van der Waals surface area contributed by atoms with Gasteiger partial charge in [0.25, 0.3) is 0 Å². The summed E-state index contributed by atoms with van der Waals surface area (Å²) in [7, 11) is 0. The molecule has 12 heavy (non-hydrogen) atoms. The highest BCUT2D eigenvalue weighted by atomic mass is 16.6. The molecule has 0 aromatic carbocycles. The summed E-state index contributed by atoms with van der Waals surface area (Å²) in [5.41, 5.74) is -0.678. The third-order valence-electron chi connectivity index (χ3n) is 2.74. The van der Waals surface area contributed by atoms with Gasteiger partial charge in [0.05, 0.1) is 19.8 Å². The molecule has 0 aromatic heterocycles. The van der Waals surface area contributed by atoms with Gasteiger partial charge in [-0.25, -0.2) is 4.79 Å². The lowest BCUT2D eigenvalue weighted by atomic mass is 9.71. The Kier molecular flexibility index (Phi) is 1.81. The van der Waals surface area contributed by atoms with Gasteiger partial charge in [-0.3, -0.25) is 0 Å². The van der Waals surface area contributed by atoms with Crippen molar-refractivity contribution in [2.24, 2.45) is 5.92 Å². The lowest BCUT2D eigenvalue weighted by Crippen LogP contribution is -2.51. The minimum atomic E-state index is -0.678. The molecule has 0 spiro atoms. The molecule has 68 valence electrons. The van der Waals surface area contributed by atoms with Crippen molar-refractivity contribution in [2.75, 3.05) is 19.8 Å². The highest BCUT2D eigenvalue weighted by molar-refractivity contribution is 5.83. The molecule has 2 atom stereocenters. The number of hydrogen-bond donors (Lipinski definition) is 1. The molecule has 1 saturated heterocycles. The zero-order valence-electron chi connectivity index (χ0n) is 6.78. The van der Waals surface area contributed by atoms with Crippen molar-refractivity contribution < 1.29 is 19.4 Å². The fourth-order valence-electron chi connectivity index (χ4n) is 1.87. The normalized spacial score (nSPS) is 38.8. The van der Waals surface area contributed by atoms with Crippen molar-refractivity contribution in [1.82, 2.24) is 0 Å². The summed E-state index contributed by atoms with van der Waals surface area (Å²) >= 11 is 0. The van der Waals surface area contributed by atoms with Crippen LogP contribution in [0.3, 0.4) is 0 Å². The van der Waals surface area contributed by atoms with Crippen molar-refractivity contribution in [1.29, 1.82) is 0 Å². The summed E-state index contributed by atoms with van der Waals surface area (Å²) < 4.78 is 10.2. The van der Waals surface area contributed by atoms with Crippen LogP contribution in [0.25, 0.3) is 0 Å². The Morgan fingerprint density at radius 1 is 1.75 bits per heavy atom. The summed E-state index contributed by atoms with van der Waals surface area (Å²) in [5.74, 6) is -0.0104. The van der Waals surface area contributed by atoms with E-state index in [4.69, 9.17) is 14.6 Å². The van der Waals surface area contributed by atoms with E-state index in [-0.39, 0.29) is 25.1 Å². The summed E-state index contributed by atoms with van der Waals surface area (Å²) in [6.45, 7) is 0.678. The van der Waals surface area contributed by atoms with E-state index >= 15 is 0 Å². The van der Waals surface area contributed by atoms with Gasteiger partial charge < -0.3 is 14.6 Å². The molecular formula is C8H12O4. The van der Waals surface area contributed by atoms with Gasteiger partial charge in [-0.2, -0.15) is 0 Å². The SMILES string of the molecule is O=C1OCC2CCC12OCCO. The zero-order chi connectivity index (χ0) is 8.60. The topological polar surface area (TPSA) is 55.8 Å². The van der Waals surface area contributed by atoms with E-state index in [1.165, 1.54) is 0 Å². The highest BCUT2D eigenvalue weighted by Gasteiger charge is 2.59. The monoisotopic (exact) mass is 172 g/mol. The molecule has 0 radical (unpaired) electrons. The smallest absolute Gasteiger partial charge is 0.338 e. The number of aliphatic hydroxyl groups excluding tert-OH is 1. The average molecular weight is 172 g/mol. The Morgan fingerprint density at radius 3 is 3.08 bits per heavy atom. The van der Waals surface area contributed by atoms with Crippen LogP contribution < -0.4 is 0 Å². The second-order valence-electron chi connectivity index (χ2n) is 3.30. The van der Waals surface area contributed by atoms with Crippen LogP contribution in [0.4, 0.5) is 0 Å². The van der Waals surface area contributed by atoms with Crippen LogP contribution in [0.1, 0.15) is 12.8 Å². The average Bonchev–Trinajstić information content (AvgIpc) is 2.22. The predicted octanol–water partition coefficient (Wildman–Crippen LogP) is -0.299. The summed E-state index contributed by atoms with van der Waals surface area (Å²) in [6, 6.07) is 0. The maximum Gasteiger partial charge on any atom is 0.338 e. The molecule has 1 saturated carbocycles. The molecule has 1 aliphatic heterocycles. The standard InChI is InChI=1S/C8H12O4/c9-3-4-12-8-2-1-6(8)5-11-7(8)10/h6,9H,1-5H2. The van der Waals surface area contributed by atoms with Crippen molar-refractivity contribution in [2.45, 2.75) is 18.4 Å². The van der Waals surface area contributed by atoms with E-state index < -0.39 is 5.60 Å². The quantitative estimate of drug-likeness (QED) is 0.594. The van der Waals surface area contributed by atoms with Crippen molar-refractivity contribution >= 4 is 5.97 Å². The molecular weight excluding hydrogens is 160 g/mol. The van der Waals surface area contributed by atoms with Gasteiger partial charge in [0, 0.05) is 5.92 Å². The van der Waals surface area contributed by atoms with Crippen molar-refractivity contribution in [3.05, 3.63) is 0 Å². The van der Waals surface area contributed by atoms with Crippen molar-refractivity contribution in [3.63, 3.8) is 0 Å². The number of carbonyl (C=O) groups excluding carboxylic acids is 1. The minimum absolute atomic E-state index is 0.0399. The first-order valence-corrected chi connectivity index (χ1v) is 4.21. The molecule has 0 bridgehead atoms. The molecule has 2 rings (SSSR count). The van der Waals surface area contributed by atoms with Gasteiger partial charge in [0.15, 0.2) is 5.60 Å². The first-order valence-electron chi connectivity index (χ1n) is 4.21. The van der Waals surface area contributed by atoms with Crippen LogP contribution in [-0.2, 0) is 14.3 Å². The van der Waals surface area contributed by atoms with E-state index in [1.54, 1.807) is 0 Å². The lowest BCUT2D eigenvalue weighted by molar-refractivity contribution is -0.173. The molecule has 0 amide bonds. The largest absolute Gasteiger partial charge is 0.463 e. The number of rotatable bonds is 3. The Bertz CT molecular complexity index is 203. The number of cyclic esters (lactones) is 1. The van der Waals surface area contributed by atoms with Crippen molar-refractivity contribution in [3.8, 4) is 0 Å². The van der Waals surface area contributed by atoms with E-state index in [9.17, 15) is 4.79 Å². The molecule has 0 aromatic rings. The summed E-state index contributed by atoms with van der Waals surface area (Å²) in [4.78, 5) is 11.2. The molecule has 1 aliphatic carbocycles. The summed E-state index contributed by atoms with van der Waals surface area (Å²) in [5, 5.41) is 8.56. The van der Waals surface area contributed by atoms with E-state index in [1.807, 2.05) is 0 Å². The fourth-order valence-corrected chi connectivity index (χ4v) is 1.87. The van der Waals surface area contributed by atoms with Gasteiger partial charge in [-0.05, 0) is 12.8 Å². The number of carbonyl (C=O) groups is 1. The molecule has 4 nitrogen and oxygen atoms in total. The molecule has 1 heterocycles. The van der Waals surface area contributed by atoms with Gasteiger partial charge in [0.1, 0.15) is 0 Å². The van der Waals surface area contributed by atoms with Gasteiger partial charge >= 0.3 is 5.97 Å². The lowest BCUT2D eigenvalue weighted by Gasteiger charge is -2.39. The second-order valence-corrected chi connectivity index (χ2v) is 3.30. The third-order valence-corrected chi connectivity index (χ3v) is 2.74. The van der Waals surface area contributed by atoms with Gasteiger partial charge in [0.2, 0.25) is 0 Å². The maximum atomic E-state index is 11.2. The Labute approximate surface area is 70.5 Å². The van der Waals surface area contributed by atoms with Crippen LogP contribution in [0.15, 0.2) is 0 Å². The third kappa shape index (κ3) is 0.881. The van der Waals surface area contributed by atoms with E-state index in [0.717, 1.165) is 12.8 Å². The zero-order valence-corrected chi connectivity index (χ0v) is 6.78. The molecule has 2 fully saturated rings. The molecule has 2 aliphatic rings. The minimum Gasteiger partial charge on any atom is -0.463 e. The number of aliphatic hydroxyl groups is 1. The number of ether oxygens (including phenoxy) is 2. The fraction of sp³-hybridized carbons (Fsp3) is 0.875. The van der Waals surface area contributed by atoms with Crippen LogP contribution in [0, 0.1) is 5.92 Å². The van der Waals surface area contributed by atoms with E-state index in [2.05, 4.69) is 0 Å². The Morgan fingerprint density at radius 2 is 2.58 bits per heavy atom. The number of hydrogen-bond acceptors (Lipinski definition) is 4. The first kappa shape index (κ1) is 8.01. The first-order chi connectivity index (χ1) is 5.79. The van der Waals surface area contributed by atoms with Crippen LogP contribution >= 0.6 is 0 Å². The Hall–Kier alpha value is -0.610. The number of fused-ring (bicyclic) bond motifs is 1. The second kappa shape index (κ2) is 2.71.